The van der Waals surface area contributed by atoms with Crippen LogP contribution in [-0.2, 0) is 0 Å². The van der Waals surface area contributed by atoms with Gasteiger partial charge in [0.25, 0.3) is 0 Å². The largest absolute Gasteiger partial charge is 0.506 e. The van der Waals surface area contributed by atoms with Crippen LogP contribution in [0.25, 0.3) is 5.69 Å². The maximum Gasteiger partial charge on any atom is 0.373 e. The molecular formula is C9H6ClN3O4. The molecule has 1 heterocycles. The van der Waals surface area contributed by atoms with Gasteiger partial charge in [-0.25, -0.2) is 9.59 Å². The molecule has 17 heavy (non-hydrogen) atoms. The highest BCUT2D eigenvalue weighted by molar-refractivity contribution is 6.30. The van der Waals surface area contributed by atoms with E-state index in [1.165, 1.54) is 18.2 Å². The highest BCUT2D eigenvalue weighted by Crippen LogP contribution is 2.23. The van der Waals surface area contributed by atoms with E-state index < -0.39 is 17.5 Å². The molecule has 1 aromatic heterocycles. The molecule has 0 aliphatic rings. The molecule has 2 rings (SSSR count). The monoisotopic (exact) mass is 255 g/mol. The van der Waals surface area contributed by atoms with E-state index in [0.29, 0.717) is 0 Å². The molecule has 0 fully saturated rings. The Labute approximate surface area is 98.9 Å². The molecule has 0 radical (unpaired) electrons. The first-order chi connectivity index (χ1) is 7.99. The van der Waals surface area contributed by atoms with Gasteiger partial charge < -0.3 is 10.2 Å². The van der Waals surface area contributed by atoms with Crippen LogP contribution in [0.2, 0.25) is 5.02 Å². The Morgan fingerprint density at radius 3 is 2.76 bits per heavy atom. The third-order valence-electron chi connectivity index (χ3n) is 1.99. The van der Waals surface area contributed by atoms with Crippen molar-refractivity contribution in [3.05, 3.63) is 39.5 Å². The number of carboxylic acids is 1. The molecule has 0 amide bonds. The number of phenolic OH excluding ortho intramolecular Hbond substituents is 1. The van der Waals surface area contributed by atoms with Gasteiger partial charge in [-0.1, -0.05) is 11.6 Å². The van der Waals surface area contributed by atoms with E-state index in [2.05, 4.69) is 5.10 Å². The van der Waals surface area contributed by atoms with E-state index in [-0.39, 0.29) is 16.5 Å². The van der Waals surface area contributed by atoms with Crippen molar-refractivity contribution >= 4 is 17.6 Å². The van der Waals surface area contributed by atoms with Crippen LogP contribution in [-0.4, -0.2) is 30.9 Å². The molecule has 0 aliphatic carbocycles. The number of hydrogen-bond donors (Lipinski definition) is 3. The highest BCUT2D eigenvalue weighted by Gasteiger charge is 2.15. The zero-order valence-corrected chi connectivity index (χ0v) is 8.97. The van der Waals surface area contributed by atoms with Gasteiger partial charge in [0.2, 0.25) is 5.82 Å². The van der Waals surface area contributed by atoms with Crippen LogP contribution in [0.15, 0.2) is 23.0 Å². The maximum absolute atomic E-state index is 11.4. The zero-order valence-electron chi connectivity index (χ0n) is 8.22. The number of rotatable bonds is 2. The predicted octanol–water partition coefficient (Wildman–Crippen LogP) is 0.618. The van der Waals surface area contributed by atoms with Crippen LogP contribution >= 0.6 is 11.6 Å². The lowest BCUT2D eigenvalue weighted by Gasteiger charge is -2.02. The SMILES string of the molecule is O=C(O)c1nn(-c2cc(Cl)ccc2O)c(=O)[nH]1. The summed E-state index contributed by atoms with van der Waals surface area (Å²) in [4.78, 5) is 24.1. The molecule has 3 N–H and O–H groups in total. The van der Waals surface area contributed by atoms with Crippen LogP contribution < -0.4 is 5.69 Å². The van der Waals surface area contributed by atoms with Gasteiger partial charge in [-0.15, -0.1) is 5.10 Å². The Balaban J connectivity index is 2.64. The van der Waals surface area contributed by atoms with Crippen LogP contribution in [0.5, 0.6) is 5.75 Å². The minimum absolute atomic E-state index is 0.00579. The van der Waals surface area contributed by atoms with Gasteiger partial charge in [0.15, 0.2) is 0 Å². The number of aromatic amines is 1. The Morgan fingerprint density at radius 2 is 2.18 bits per heavy atom. The molecule has 7 nitrogen and oxygen atoms in total. The fourth-order valence-electron chi connectivity index (χ4n) is 1.25. The molecule has 0 saturated carbocycles. The van der Waals surface area contributed by atoms with Gasteiger partial charge in [0, 0.05) is 5.02 Å². The number of nitrogens with one attached hydrogen (secondary N) is 1. The summed E-state index contributed by atoms with van der Waals surface area (Å²) in [5.74, 6) is -2.13. The average Bonchev–Trinajstić information content (AvgIpc) is 2.64. The molecule has 8 heteroatoms. The minimum atomic E-state index is -1.37. The van der Waals surface area contributed by atoms with Gasteiger partial charge in [0.1, 0.15) is 11.4 Å². The van der Waals surface area contributed by atoms with E-state index >= 15 is 0 Å². The van der Waals surface area contributed by atoms with E-state index in [4.69, 9.17) is 16.7 Å². The Bertz CT molecular complexity index is 646. The lowest BCUT2D eigenvalue weighted by atomic mass is 10.3. The number of carbonyl (C=O) groups is 1. The normalized spacial score (nSPS) is 10.4. The minimum Gasteiger partial charge on any atom is -0.506 e. The molecule has 0 bridgehead atoms. The van der Waals surface area contributed by atoms with Crippen LogP contribution in [0.4, 0.5) is 0 Å². The smallest absolute Gasteiger partial charge is 0.373 e. The Hall–Kier alpha value is -2.28. The number of benzene rings is 1. The van der Waals surface area contributed by atoms with Gasteiger partial charge in [-0.3, -0.25) is 4.98 Å². The van der Waals surface area contributed by atoms with E-state index in [9.17, 15) is 14.7 Å². The molecule has 0 unspecified atom stereocenters. The number of H-pyrrole nitrogens is 1. The molecular weight excluding hydrogens is 250 g/mol. The molecule has 0 saturated heterocycles. The van der Waals surface area contributed by atoms with Crippen molar-refractivity contribution in [3.63, 3.8) is 0 Å². The first-order valence-electron chi connectivity index (χ1n) is 4.40. The summed E-state index contributed by atoms with van der Waals surface area (Å²) in [7, 11) is 0. The second kappa shape index (κ2) is 3.95. The summed E-state index contributed by atoms with van der Waals surface area (Å²) in [5.41, 5.74) is -0.772. The van der Waals surface area contributed by atoms with Gasteiger partial charge in [0.05, 0.1) is 0 Å². The van der Waals surface area contributed by atoms with Crippen molar-refractivity contribution in [2.75, 3.05) is 0 Å². The van der Waals surface area contributed by atoms with Crippen molar-refractivity contribution in [2.45, 2.75) is 0 Å². The lowest BCUT2D eigenvalue weighted by Crippen LogP contribution is -2.16. The van der Waals surface area contributed by atoms with Crippen molar-refractivity contribution in [3.8, 4) is 11.4 Å². The van der Waals surface area contributed by atoms with Crippen molar-refractivity contribution in [2.24, 2.45) is 0 Å². The third-order valence-corrected chi connectivity index (χ3v) is 2.22. The van der Waals surface area contributed by atoms with E-state index in [1.807, 2.05) is 4.98 Å². The summed E-state index contributed by atoms with van der Waals surface area (Å²) in [5, 5.41) is 22.0. The summed E-state index contributed by atoms with van der Waals surface area (Å²) in [6, 6.07) is 4.00. The lowest BCUT2D eigenvalue weighted by molar-refractivity contribution is 0.0683. The second-order valence-electron chi connectivity index (χ2n) is 3.13. The summed E-state index contributed by atoms with van der Waals surface area (Å²) in [6.07, 6.45) is 0. The quantitative estimate of drug-likeness (QED) is 0.729. The van der Waals surface area contributed by atoms with Gasteiger partial charge in [-0.05, 0) is 18.2 Å². The van der Waals surface area contributed by atoms with Crippen LogP contribution in [0.3, 0.4) is 0 Å². The Morgan fingerprint density at radius 1 is 1.47 bits per heavy atom. The second-order valence-corrected chi connectivity index (χ2v) is 3.57. The summed E-state index contributed by atoms with van der Waals surface area (Å²) < 4.78 is 0.727. The summed E-state index contributed by atoms with van der Waals surface area (Å²) in [6.45, 7) is 0. The topological polar surface area (TPSA) is 108 Å². The number of aromatic hydroxyl groups is 1. The molecule has 0 atom stereocenters. The van der Waals surface area contributed by atoms with Gasteiger partial charge in [-0.2, -0.15) is 4.68 Å². The first-order valence-corrected chi connectivity index (χ1v) is 4.78. The van der Waals surface area contributed by atoms with Crippen LogP contribution in [0.1, 0.15) is 10.6 Å². The fourth-order valence-corrected chi connectivity index (χ4v) is 1.42. The molecule has 88 valence electrons. The average molecular weight is 256 g/mol. The molecule has 0 aliphatic heterocycles. The van der Waals surface area contributed by atoms with Crippen molar-refractivity contribution < 1.29 is 15.0 Å². The fraction of sp³-hybridized carbons (Fsp3) is 0. The summed E-state index contributed by atoms with van der Waals surface area (Å²) >= 11 is 5.71. The molecule has 0 spiro atoms. The van der Waals surface area contributed by atoms with Gasteiger partial charge >= 0.3 is 11.7 Å². The number of hydrogen-bond acceptors (Lipinski definition) is 4. The highest BCUT2D eigenvalue weighted by atomic mass is 35.5. The Kier molecular flexibility index (Phi) is 2.60. The van der Waals surface area contributed by atoms with Crippen molar-refractivity contribution in [1.29, 1.82) is 0 Å². The first kappa shape index (κ1) is 11.2. The van der Waals surface area contributed by atoms with Crippen molar-refractivity contribution in [1.82, 2.24) is 14.8 Å². The number of aromatic carboxylic acids is 1. The van der Waals surface area contributed by atoms with Crippen LogP contribution in [0, 0.1) is 0 Å². The third kappa shape index (κ3) is 2.00. The number of carboxylic acid groups (broad SMARTS) is 1. The maximum atomic E-state index is 11.4. The number of aromatic nitrogens is 3. The standard InChI is InChI=1S/C9H6ClN3O4/c10-4-1-2-6(14)5(3-4)13-9(17)11-7(12-13)8(15)16/h1-3,14H,(H,15,16)(H,11,12,17). The molecule has 1 aromatic carbocycles. The predicted molar refractivity (Wildman–Crippen MR) is 57.8 cm³/mol. The zero-order chi connectivity index (χ0) is 12.6. The number of phenols is 1. The number of halogens is 1. The molecule has 2 aromatic rings. The van der Waals surface area contributed by atoms with E-state index in [1.54, 1.807) is 0 Å². The number of nitrogens with zero attached hydrogens (tertiary/aromatic N) is 2. The van der Waals surface area contributed by atoms with E-state index in [0.717, 1.165) is 4.68 Å².